The van der Waals surface area contributed by atoms with Crippen molar-refractivity contribution in [2.45, 2.75) is 31.7 Å². The molecule has 1 aliphatic heterocycles. The van der Waals surface area contributed by atoms with Crippen LogP contribution in [0.1, 0.15) is 36.0 Å². The van der Waals surface area contributed by atoms with E-state index in [1.165, 1.54) is 0 Å². The minimum absolute atomic E-state index is 0. The van der Waals surface area contributed by atoms with Gasteiger partial charge in [-0.1, -0.05) is 0 Å². The predicted molar refractivity (Wildman–Crippen MR) is 76.0 cm³/mol. The van der Waals surface area contributed by atoms with Crippen LogP contribution < -0.4 is 5.73 Å². The molecule has 1 amide bonds. The Balaban J connectivity index is 0.00000200. The molecular weight excluding hydrogens is 286 g/mol. The van der Waals surface area contributed by atoms with E-state index in [0.29, 0.717) is 19.5 Å². The fraction of sp³-hybridized carbons (Fsp3) is 0.500. The first kappa shape index (κ1) is 16.9. The van der Waals surface area contributed by atoms with Crippen LogP contribution >= 0.6 is 12.4 Å². The van der Waals surface area contributed by atoms with Crippen molar-refractivity contribution in [1.82, 2.24) is 4.90 Å². The van der Waals surface area contributed by atoms with Crippen LogP contribution in [0.5, 0.6) is 0 Å². The number of hydrogen-bond acceptors (Lipinski definition) is 2. The fourth-order valence-corrected chi connectivity index (χ4v) is 2.58. The molecule has 6 heteroatoms. The molecule has 1 heterocycles. The van der Waals surface area contributed by atoms with E-state index in [0.717, 1.165) is 37.5 Å². The first-order valence-electron chi connectivity index (χ1n) is 6.59. The normalized spacial score (nSPS) is 18.6. The topological polar surface area (TPSA) is 46.3 Å². The van der Waals surface area contributed by atoms with Crippen LogP contribution in [0, 0.1) is 11.6 Å². The number of rotatable bonds is 3. The highest BCUT2D eigenvalue weighted by atomic mass is 35.5. The van der Waals surface area contributed by atoms with E-state index in [4.69, 9.17) is 5.73 Å². The molecule has 1 saturated heterocycles. The second-order valence-corrected chi connectivity index (χ2v) is 4.85. The largest absolute Gasteiger partial charge is 0.336 e. The third-order valence-corrected chi connectivity index (χ3v) is 3.55. The van der Waals surface area contributed by atoms with Crippen LogP contribution in [0.15, 0.2) is 18.2 Å². The first-order chi connectivity index (χ1) is 9.13. The SMILES string of the molecule is Cl.NCCC1CCCCN1C(=O)c1cc(F)ccc1F. The van der Waals surface area contributed by atoms with E-state index in [2.05, 4.69) is 0 Å². The van der Waals surface area contributed by atoms with Crippen molar-refractivity contribution in [3.8, 4) is 0 Å². The van der Waals surface area contributed by atoms with Gasteiger partial charge in [-0.3, -0.25) is 4.79 Å². The van der Waals surface area contributed by atoms with Crippen LogP contribution in [-0.4, -0.2) is 29.9 Å². The summed E-state index contributed by atoms with van der Waals surface area (Å²) in [7, 11) is 0. The Morgan fingerprint density at radius 1 is 1.35 bits per heavy atom. The summed E-state index contributed by atoms with van der Waals surface area (Å²) in [5.41, 5.74) is 5.35. The Bertz CT molecular complexity index is 468. The minimum atomic E-state index is -0.677. The number of carbonyl (C=O) groups is 1. The van der Waals surface area contributed by atoms with Gasteiger partial charge < -0.3 is 10.6 Å². The number of nitrogens with two attached hydrogens (primary N) is 1. The van der Waals surface area contributed by atoms with Crippen molar-refractivity contribution in [1.29, 1.82) is 0 Å². The first-order valence-corrected chi connectivity index (χ1v) is 6.59. The Hall–Kier alpha value is -1.20. The highest BCUT2D eigenvalue weighted by molar-refractivity contribution is 5.94. The van der Waals surface area contributed by atoms with Gasteiger partial charge in [-0.05, 0) is 50.4 Å². The summed E-state index contributed by atoms with van der Waals surface area (Å²) in [5.74, 6) is -1.71. The number of benzene rings is 1. The van der Waals surface area contributed by atoms with Crippen molar-refractivity contribution in [3.05, 3.63) is 35.4 Å². The molecule has 0 aliphatic carbocycles. The molecule has 112 valence electrons. The zero-order valence-electron chi connectivity index (χ0n) is 11.1. The van der Waals surface area contributed by atoms with Crippen LogP contribution in [0.2, 0.25) is 0 Å². The molecule has 2 rings (SSSR count). The van der Waals surface area contributed by atoms with Crippen molar-refractivity contribution in [2.75, 3.05) is 13.1 Å². The molecule has 0 aromatic heterocycles. The van der Waals surface area contributed by atoms with Gasteiger partial charge in [0.1, 0.15) is 11.6 Å². The van der Waals surface area contributed by atoms with E-state index < -0.39 is 17.5 Å². The van der Waals surface area contributed by atoms with Crippen LogP contribution in [-0.2, 0) is 0 Å². The van der Waals surface area contributed by atoms with E-state index in [1.807, 2.05) is 0 Å². The van der Waals surface area contributed by atoms with Gasteiger partial charge in [0.05, 0.1) is 5.56 Å². The lowest BCUT2D eigenvalue weighted by Gasteiger charge is -2.35. The zero-order valence-corrected chi connectivity index (χ0v) is 12.0. The number of piperidine rings is 1. The number of hydrogen-bond donors (Lipinski definition) is 1. The second kappa shape index (κ2) is 7.55. The lowest BCUT2D eigenvalue weighted by molar-refractivity contribution is 0.0599. The fourth-order valence-electron chi connectivity index (χ4n) is 2.58. The van der Waals surface area contributed by atoms with E-state index in [9.17, 15) is 13.6 Å². The average molecular weight is 305 g/mol. The van der Waals surface area contributed by atoms with Crippen molar-refractivity contribution in [3.63, 3.8) is 0 Å². The monoisotopic (exact) mass is 304 g/mol. The van der Waals surface area contributed by atoms with Gasteiger partial charge in [-0.25, -0.2) is 8.78 Å². The third kappa shape index (κ3) is 3.67. The average Bonchev–Trinajstić information content (AvgIpc) is 2.42. The number of nitrogens with zero attached hydrogens (tertiary/aromatic N) is 1. The van der Waals surface area contributed by atoms with Gasteiger partial charge in [0, 0.05) is 12.6 Å². The Morgan fingerprint density at radius 2 is 2.10 bits per heavy atom. The maximum absolute atomic E-state index is 13.6. The maximum Gasteiger partial charge on any atom is 0.257 e. The van der Waals surface area contributed by atoms with E-state index in [1.54, 1.807) is 4.90 Å². The summed E-state index contributed by atoms with van der Waals surface area (Å²) in [6.45, 7) is 1.07. The quantitative estimate of drug-likeness (QED) is 0.933. The highest BCUT2D eigenvalue weighted by Gasteiger charge is 2.28. The molecule has 1 aromatic carbocycles. The molecule has 2 N–H and O–H groups in total. The molecule has 0 saturated carbocycles. The molecular formula is C14H19ClF2N2O. The number of likely N-dealkylation sites (tertiary alicyclic amines) is 1. The summed E-state index contributed by atoms with van der Waals surface area (Å²) in [6.07, 6.45) is 3.51. The van der Waals surface area contributed by atoms with E-state index in [-0.39, 0.29) is 24.0 Å². The maximum atomic E-state index is 13.6. The number of carbonyl (C=O) groups excluding carboxylic acids is 1. The van der Waals surface area contributed by atoms with Gasteiger partial charge in [-0.2, -0.15) is 0 Å². The third-order valence-electron chi connectivity index (χ3n) is 3.55. The molecule has 0 bridgehead atoms. The summed E-state index contributed by atoms with van der Waals surface area (Å²) in [5, 5.41) is 0. The lowest BCUT2D eigenvalue weighted by atomic mass is 9.98. The molecule has 1 atom stereocenters. The second-order valence-electron chi connectivity index (χ2n) is 4.85. The van der Waals surface area contributed by atoms with Gasteiger partial charge in [0.2, 0.25) is 0 Å². The van der Waals surface area contributed by atoms with Crippen LogP contribution in [0.4, 0.5) is 8.78 Å². The Morgan fingerprint density at radius 3 is 2.80 bits per heavy atom. The molecule has 1 aromatic rings. The Labute approximate surface area is 123 Å². The molecule has 1 aliphatic rings. The van der Waals surface area contributed by atoms with E-state index >= 15 is 0 Å². The van der Waals surface area contributed by atoms with Gasteiger partial charge >= 0.3 is 0 Å². The highest BCUT2D eigenvalue weighted by Crippen LogP contribution is 2.23. The summed E-state index contributed by atoms with van der Waals surface area (Å²) >= 11 is 0. The van der Waals surface area contributed by atoms with Crippen molar-refractivity contribution < 1.29 is 13.6 Å². The van der Waals surface area contributed by atoms with Crippen molar-refractivity contribution >= 4 is 18.3 Å². The Kier molecular flexibility index (Phi) is 6.36. The molecule has 20 heavy (non-hydrogen) atoms. The number of amides is 1. The van der Waals surface area contributed by atoms with Gasteiger partial charge in [-0.15, -0.1) is 12.4 Å². The predicted octanol–water partition coefficient (Wildman–Crippen LogP) is 2.73. The summed E-state index contributed by atoms with van der Waals surface area (Å²) in [6, 6.07) is 3.00. The number of halogens is 3. The molecule has 1 fully saturated rings. The van der Waals surface area contributed by atoms with Crippen LogP contribution in [0.25, 0.3) is 0 Å². The summed E-state index contributed by atoms with van der Waals surface area (Å²) in [4.78, 5) is 14.0. The standard InChI is InChI=1S/C14H18F2N2O.ClH/c15-10-4-5-13(16)12(9-10)14(19)18-8-2-1-3-11(18)6-7-17;/h4-5,9,11H,1-3,6-8,17H2;1H. The minimum Gasteiger partial charge on any atom is -0.336 e. The van der Waals surface area contributed by atoms with Crippen LogP contribution in [0.3, 0.4) is 0 Å². The molecule has 0 radical (unpaired) electrons. The lowest BCUT2D eigenvalue weighted by Crippen LogP contribution is -2.44. The molecule has 3 nitrogen and oxygen atoms in total. The smallest absolute Gasteiger partial charge is 0.257 e. The van der Waals surface area contributed by atoms with Gasteiger partial charge in [0.25, 0.3) is 5.91 Å². The molecule has 0 spiro atoms. The zero-order chi connectivity index (χ0) is 13.8. The molecule has 1 unspecified atom stereocenters. The van der Waals surface area contributed by atoms with Crippen molar-refractivity contribution in [2.24, 2.45) is 5.73 Å². The van der Waals surface area contributed by atoms with Gasteiger partial charge in [0.15, 0.2) is 0 Å². The summed E-state index contributed by atoms with van der Waals surface area (Å²) < 4.78 is 26.8.